The molecule has 14 rings (SSSR count). The summed E-state index contributed by atoms with van der Waals surface area (Å²) in [6.45, 7) is 2.17. The lowest BCUT2D eigenvalue weighted by Crippen LogP contribution is -1.93. The summed E-state index contributed by atoms with van der Waals surface area (Å²) in [5, 5.41) is 16.2. The third-order valence-corrected chi connectivity index (χ3v) is 13.8. The molecule has 0 saturated carbocycles. The number of hydrogen-bond acceptors (Lipinski definition) is 2. The van der Waals surface area contributed by atoms with Gasteiger partial charge in [0.2, 0.25) is 0 Å². The number of rotatable bonds is 4. The van der Waals surface area contributed by atoms with Gasteiger partial charge in [-0.15, -0.1) is 0 Å². The summed E-state index contributed by atoms with van der Waals surface area (Å²) in [6.07, 6.45) is 0. The average molecular weight is 827 g/mol. The van der Waals surface area contributed by atoms with E-state index in [0.717, 1.165) is 65.8 Å². The Morgan fingerprint density at radius 2 is 0.631 bits per heavy atom. The highest BCUT2D eigenvalue weighted by Crippen LogP contribution is 2.53. The Morgan fingerprint density at radius 1 is 0.277 bits per heavy atom. The molecule has 302 valence electrons. The highest BCUT2D eigenvalue weighted by molar-refractivity contribution is 6.37. The maximum atomic E-state index is 7.17. The van der Waals surface area contributed by atoms with Gasteiger partial charge in [-0.2, -0.15) is 0 Å². The van der Waals surface area contributed by atoms with Gasteiger partial charge in [0.25, 0.3) is 0 Å². The highest BCUT2D eigenvalue weighted by atomic mass is 16.3. The zero-order valence-corrected chi connectivity index (χ0v) is 35.5. The first-order valence-electron chi connectivity index (χ1n) is 22.4. The largest absolute Gasteiger partial charge is 0.455 e. The second kappa shape index (κ2) is 13.8. The topological polar surface area (TPSA) is 26.3 Å². The van der Waals surface area contributed by atoms with Crippen LogP contribution in [0.3, 0.4) is 0 Å². The van der Waals surface area contributed by atoms with Crippen LogP contribution < -0.4 is 0 Å². The first-order valence-corrected chi connectivity index (χ1v) is 22.4. The molecule has 2 nitrogen and oxygen atoms in total. The third-order valence-electron chi connectivity index (χ3n) is 13.8. The maximum Gasteiger partial charge on any atom is 0.143 e. The van der Waals surface area contributed by atoms with Gasteiger partial charge in [-0.3, -0.25) is 0 Å². The van der Waals surface area contributed by atoms with Gasteiger partial charge in [0.1, 0.15) is 22.3 Å². The van der Waals surface area contributed by atoms with Gasteiger partial charge in [0.15, 0.2) is 0 Å². The van der Waals surface area contributed by atoms with Gasteiger partial charge in [0, 0.05) is 49.2 Å². The average Bonchev–Trinajstić information content (AvgIpc) is 3.95. The molecular formula is C63H38O2. The van der Waals surface area contributed by atoms with Crippen LogP contribution in [0.4, 0.5) is 0 Å². The number of hydrogen-bond donors (Lipinski definition) is 0. The lowest BCUT2D eigenvalue weighted by molar-refractivity contribution is 0.670. The lowest BCUT2D eigenvalue weighted by Gasteiger charge is -2.20. The molecule has 65 heavy (non-hydrogen) atoms. The van der Waals surface area contributed by atoms with Crippen molar-refractivity contribution < 1.29 is 8.83 Å². The number of aryl methyl sites for hydroxylation is 1. The van der Waals surface area contributed by atoms with Crippen molar-refractivity contribution >= 4 is 97.7 Å². The van der Waals surface area contributed by atoms with Crippen LogP contribution in [-0.4, -0.2) is 0 Å². The Hall–Kier alpha value is -8.46. The van der Waals surface area contributed by atoms with Crippen molar-refractivity contribution in [2.24, 2.45) is 0 Å². The Balaban J connectivity index is 1.20. The number of benzene rings is 12. The third kappa shape index (κ3) is 5.17. The molecule has 0 aliphatic rings. The smallest absolute Gasteiger partial charge is 0.143 e. The van der Waals surface area contributed by atoms with Crippen molar-refractivity contribution in [1.82, 2.24) is 0 Å². The lowest BCUT2D eigenvalue weighted by atomic mass is 9.83. The predicted octanol–water partition coefficient (Wildman–Crippen LogP) is 18.2. The number of furan rings is 2. The number of fused-ring (bicyclic) bond motifs is 13. The van der Waals surface area contributed by atoms with Crippen LogP contribution in [0.1, 0.15) is 5.56 Å². The standard InChI is InChI=1S/C63H38O2/c1-37-18-17-21-39(34-37)56-43-24-7-11-28-47(43)59(48-29-12-8-25-44(48)56)52-36-40-35-51(58-45-26-9-5-22-41(45)55(38-19-3-2-4-20-38)42-23-6-10-27-46(42)58)62-60(49-30-13-15-32-53(49)64-62)57(40)61-50-31-14-16-33-54(50)65-63(52)61/h2-36H,1H3. The molecule has 0 spiro atoms. The fraction of sp³-hybridized carbons (Fsp3) is 0.0159. The van der Waals surface area contributed by atoms with Crippen LogP contribution in [0.5, 0.6) is 0 Å². The summed E-state index contributed by atoms with van der Waals surface area (Å²) in [7, 11) is 0. The maximum absolute atomic E-state index is 7.17. The van der Waals surface area contributed by atoms with E-state index in [0.29, 0.717) is 0 Å². The van der Waals surface area contributed by atoms with Crippen molar-refractivity contribution in [1.29, 1.82) is 0 Å². The molecule has 2 heterocycles. The van der Waals surface area contributed by atoms with Gasteiger partial charge >= 0.3 is 0 Å². The number of para-hydroxylation sites is 2. The van der Waals surface area contributed by atoms with Crippen LogP contribution in [0, 0.1) is 6.92 Å². The van der Waals surface area contributed by atoms with Crippen LogP contribution in [-0.2, 0) is 0 Å². The van der Waals surface area contributed by atoms with E-state index in [-0.39, 0.29) is 0 Å². The van der Waals surface area contributed by atoms with Crippen molar-refractivity contribution in [3.63, 3.8) is 0 Å². The first kappa shape index (κ1) is 36.1. The molecule has 0 aliphatic heterocycles. The van der Waals surface area contributed by atoms with Gasteiger partial charge in [-0.1, -0.05) is 194 Å². The molecule has 0 bridgehead atoms. The molecule has 14 aromatic rings. The monoisotopic (exact) mass is 826 g/mol. The highest BCUT2D eigenvalue weighted by Gasteiger charge is 2.27. The van der Waals surface area contributed by atoms with E-state index in [9.17, 15) is 0 Å². The minimum absolute atomic E-state index is 0.861. The van der Waals surface area contributed by atoms with Gasteiger partial charge in [0.05, 0.1) is 0 Å². The predicted molar refractivity (Wildman–Crippen MR) is 275 cm³/mol. The fourth-order valence-corrected chi connectivity index (χ4v) is 11.2. The normalized spacial score (nSPS) is 12.1. The second-order valence-corrected chi connectivity index (χ2v) is 17.5. The molecule has 0 saturated heterocycles. The summed E-state index contributed by atoms with van der Waals surface area (Å²) in [6, 6.07) is 77.2. The summed E-state index contributed by atoms with van der Waals surface area (Å²) >= 11 is 0. The van der Waals surface area contributed by atoms with E-state index in [1.807, 2.05) is 0 Å². The molecule has 2 aromatic heterocycles. The zero-order chi connectivity index (χ0) is 42.8. The van der Waals surface area contributed by atoms with Crippen LogP contribution >= 0.6 is 0 Å². The molecule has 0 unspecified atom stereocenters. The molecule has 0 radical (unpaired) electrons. The molecule has 0 N–H and O–H groups in total. The fourth-order valence-electron chi connectivity index (χ4n) is 11.2. The van der Waals surface area contributed by atoms with E-state index in [1.54, 1.807) is 0 Å². The first-order chi connectivity index (χ1) is 32.2. The van der Waals surface area contributed by atoms with Crippen LogP contribution in [0.25, 0.3) is 142 Å². The van der Waals surface area contributed by atoms with Gasteiger partial charge in [-0.05, 0) is 102 Å². The second-order valence-electron chi connectivity index (χ2n) is 17.5. The van der Waals surface area contributed by atoms with E-state index < -0.39 is 0 Å². The van der Waals surface area contributed by atoms with Crippen molar-refractivity contribution in [3.8, 4) is 44.5 Å². The van der Waals surface area contributed by atoms with E-state index in [1.165, 1.54) is 82.0 Å². The Labute approximate surface area is 374 Å². The van der Waals surface area contributed by atoms with Crippen LogP contribution in [0.2, 0.25) is 0 Å². The van der Waals surface area contributed by atoms with Gasteiger partial charge < -0.3 is 8.83 Å². The summed E-state index contributed by atoms with van der Waals surface area (Å²) < 4.78 is 14.3. The van der Waals surface area contributed by atoms with E-state index in [2.05, 4.69) is 219 Å². The quantitative estimate of drug-likeness (QED) is 0.165. The SMILES string of the molecule is Cc1cccc(-c2c3ccccc3c(-c3cc4cc(-c5c6ccccc6c(-c6ccccc6)c6ccccc56)c5oc6ccccc6c5c4c4c3oc3ccccc34)c3ccccc23)c1. The molecule has 12 aromatic carbocycles. The zero-order valence-electron chi connectivity index (χ0n) is 35.5. The van der Waals surface area contributed by atoms with Crippen LogP contribution in [0.15, 0.2) is 221 Å². The summed E-state index contributed by atoms with van der Waals surface area (Å²) in [4.78, 5) is 0. The minimum Gasteiger partial charge on any atom is -0.455 e. The molecule has 0 amide bonds. The van der Waals surface area contributed by atoms with E-state index >= 15 is 0 Å². The molecule has 2 heteroatoms. The van der Waals surface area contributed by atoms with Crippen molar-refractivity contribution in [2.45, 2.75) is 6.92 Å². The Morgan fingerprint density at radius 3 is 1.06 bits per heavy atom. The van der Waals surface area contributed by atoms with E-state index in [4.69, 9.17) is 8.83 Å². The molecule has 0 aliphatic carbocycles. The minimum atomic E-state index is 0.861. The van der Waals surface area contributed by atoms with Crippen molar-refractivity contribution in [2.75, 3.05) is 0 Å². The molecular weight excluding hydrogens is 789 g/mol. The molecule has 0 fully saturated rings. The Kier molecular flexibility index (Phi) is 7.64. The Bertz CT molecular complexity index is 4180. The van der Waals surface area contributed by atoms with Gasteiger partial charge in [-0.25, -0.2) is 0 Å². The summed E-state index contributed by atoms with van der Waals surface area (Å²) in [5.41, 5.74) is 14.1. The molecule has 0 atom stereocenters. The van der Waals surface area contributed by atoms with Crippen molar-refractivity contribution in [3.05, 3.63) is 218 Å². The summed E-state index contributed by atoms with van der Waals surface area (Å²) in [5.74, 6) is 0.